The van der Waals surface area contributed by atoms with E-state index in [1.807, 2.05) is 37.4 Å². The third-order valence-corrected chi connectivity index (χ3v) is 6.02. The fourth-order valence-corrected chi connectivity index (χ4v) is 4.31. The third kappa shape index (κ3) is 5.58. The Morgan fingerprint density at radius 1 is 1.06 bits per heavy atom. The molecule has 162 valence electrons. The molecule has 0 unspecified atom stereocenters. The van der Waals surface area contributed by atoms with Crippen LogP contribution in [0.25, 0.3) is 11.1 Å². The van der Waals surface area contributed by atoms with Crippen LogP contribution in [0.4, 0.5) is 5.00 Å². The van der Waals surface area contributed by atoms with Gasteiger partial charge < -0.3 is 14.8 Å². The number of benzene rings is 2. The van der Waals surface area contributed by atoms with Crippen molar-refractivity contribution in [2.45, 2.75) is 20.8 Å². The topological polar surface area (TPSA) is 64.6 Å². The number of nitrogens with one attached hydrogen (secondary N) is 1. The van der Waals surface area contributed by atoms with Crippen molar-refractivity contribution in [3.05, 3.63) is 68.5 Å². The van der Waals surface area contributed by atoms with Crippen LogP contribution in [-0.4, -0.2) is 25.1 Å². The van der Waals surface area contributed by atoms with Gasteiger partial charge in [-0.1, -0.05) is 41.4 Å². The summed E-state index contributed by atoms with van der Waals surface area (Å²) in [6, 6.07) is 10.7. The molecule has 3 aromatic rings. The molecule has 0 atom stereocenters. The first kappa shape index (κ1) is 23.1. The van der Waals surface area contributed by atoms with Gasteiger partial charge in [-0.05, 0) is 55.7 Å². The van der Waals surface area contributed by atoms with Crippen LogP contribution in [0.2, 0.25) is 10.0 Å². The van der Waals surface area contributed by atoms with Gasteiger partial charge >= 0.3 is 5.97 Å². The van der Waals surface area contributed by atoms with Crippen LogP contribution in [0.1, 0.15) is 28.4 Å². The van der Waals surface area contributed by atoms with Crippen molar-refractivity contribution in [1.82, 2.24) is 0 Å². The molecule has 0 fully saturated rings. The van der Waals surface area contributed by atoms with Gasteiger partial charge in [-0.2, -0.15) is 0 Å². The molecule has 0 saturated carbocycles. The summed E-state index contributed by atoms with van der Waals surface area (Å²) < 4.78 is 10.7. The fraction of sp³-hybridized carbons (Fsp3) is 0.217. The highest BCUT2D eigenvalue weighted by Gasteiger charge is 2.23. The Morgan fingerprint density at radius 3 is 2.52 bits per heavy atom. The molecule has 1 N–H and O–H groups in total. The van der Waals surface area contributed by atoms with E-state index >= 15 is 0 Å². The minimum Gasteiger partial charge on any atom is -0.482 e. The Balaban J connectivity index is 1.83. The molecule has 8 heteroatoms. The number of aryl methyl sites for hydroxylation is 2. The van der Waals surface area contributed by atoms with Crippen molar-refractivity contribution in [2.24, 2.45) is 0 Å². The standard InChI is InChI=1S/C23H21Cl2NO4S/c1-4-29-23(28)21-17(15-6-5-13(2)14(3)9-15)12-31-22(21)26-20(27)11-30-19-8-7-16(24)10-18(19)25/h5-10,12H,4,11H2,1-3H3,(H,26,27). The molecule has 3 rings (SSSR count). The van der Waals surface area contributed by atoms with E-state index in [1.165, 1.54) is 17.4 Å². The summed E-state index contributed by atoms with van der Waals surface area (Å²) in [5, 5.41) is 5.77. The van der Waals surface area contributed by atoms with Crippen LogP contribution in [0.3, 0.4) is 0 Å². The van der Waals surface area contributed by atoms with Crippen LogP contribution < -0.4 is 10.1 Å². The van der Waals surface area contributed by atoms with Gasteiger partial charge in [0.25, 0.3) is 5.91 Å². The zero-order valence-electron chi connectivity index (χ0n) is 17.3. The summed E-state index contributed by atoms with van der Waals surface area (Å²) in [6.45, 7) is 5.73. The second-order valence-electron chi connectivity index (χ2n) is 6.78. The van der Waals surface area contributed by atoms with E-state index < -0.39 is 11.9 Å². The SMILES string of the molecule is CCOC(=O)c1c(-c2ccc(C)c(C)c2)csc1NC(=O)COc1ccc(Cl)cc1Cl. The molecule has 0 aliphatic heterocycles. The summed E-state index contributed by atoms with van der Waals surface area (Å²) >= 11 is 13.2. The second kappa shape index (κ2) is 10.2. The molecule has 0 bridgehead atoms. The summed E-state index contributed by atoms with van der Waals surface area (Å²) in [6.07, 6.45) is 0. The van der Waals surface area contributed by atoms with Gasteiger partial charge in [0.2, 0.25) is 0 Å². The number of carbonyl (C=O) groups is 2. The minimum absolute atomic E-state index is 0.229. The highest BCUT2D eigenvalue weighted by Crippen LogP contribution is 2.37. The molecular weight excluding hydrogens is 457 g/mol. The first-order valence-corrected chi connectivity index (χ1v) is 11.2. The molecule has 1 heterocycles. The Hall–Kier alpha value is -2.54. The predicted octanol–water partition coefficient (Wildman–Crippen LogP) is 6.53. The maximum Gasteiger partial charge on any atom is 0.341 e. The number of ether oxygens (including phenoxy) is 2. The summed E-state index contributed by atoms with van der Waals surface area (Å²) in [5.74, 6) is -0.576. The van der Waals surface area contributed by atoms with Crippen LogP contribution in [-0.2, 0) is 9.53 Å². The second-order valence-corrected chi connectivity index (χ2v) is 8.51. The highest BCUT2D eigenvalue weighted by atomic mass is 35.5. The van der Waals surface area contributed by atoms with Gasteiger partial charge in [0, 0.05) is 16.0 Å². The Labute approximate surface area is 194 Å². The first-order chi connectivity index (χ1) is 14.8. The van der Waals surface area contributed by atoms with E-state index in [2.05, 4.69) is 5.32 Å². The Kier molecular flexibility index (Phi) is 7.59. The summed E-state index contributed by atoms with van der Waals surface area (Å²) in [5.41, 5.74) is 4.18. The van der Waals surface area contributed by atoms with Crippen LogP contribution in [0.15, 0.2) is 41.8 Å². The minimum atomic E-state index is -0.492. The molecule has 2 aromatic carbocycles. The van der Waals surface area contributed by atoms with Gasteiger partial charge in [0.05, 0.1) is 11.6 Å². The Bertz CT molecular complexity index is 1130. The van der Waals surface area contributed by atoms with E-state index in [0.717, 1.165) is 16.7 Å². The molecule has 0 radical (unpaired) electrons. The lowest BCUT2D eigenvalue weighted by molar-refractivity contribution is -0.118. The Morgan fingerprint density at radius 2 is 1.84 bits per heavy atom. The van der Waals surface area contributed by atoms with Crippen molar-refractivity contribution in [1.29, 1.82) is 0 Å². The van der Waals surface area contributed by atoms with Crippen molar-refractivity contribution < 1.29 is 19.1 Å². The molecular formula is C23H21Cl2NO4S. The average molecular weight is 478 g/mol. The van der Waals surface area contributed by atoms with Gasteiger partial charge in [-0.3, -0.25) is 4.79 Å². The van der Waals surface area contributed by atoms with Crippen LogP contribution in [0, 0.1) is 13.8 Å². The number of halogens is 2. The highest BCUT2D eigenvalue weighted by molar-refractivity contribution is 7.15. The number of rotatable bonds is 7. The average Bonchev–Trinajstić information content (AvgIpc) is 3.13. The molecule has 0 saturated heterocycles. The van der Waals surface area contributed by atoms with Crippen molar-refractivity contribution in [2.75, 3.05) is 18.5 Å². The van der Waals surface area contributed by atoms with Gasteiger partial charge in [0.1, 0.15) is 16.3 Å². The van der Waals surface area contributed by atoms with Gasteiger partial charge in [0.15, 0.2) is 6.61 Å². The number of thiophene rings is 1. The van der Waals surface area contributed by atoms with Gasteiger partial charge in [-0.25, -0.2) is 4.79 Å². The van der Waals surface area contributed by atoms with Crippen molar-refractivity contribution in [3.8, 4) is 16.9 Å². The third-order valence-electron chi connectivity index (χ3n) is 4.59. The molecule has 1 amide bonds. The van der Waals surface area contributed by atoms with Crippen molar-refractivity contribution in [3.63, 3.8) is 0 Å². The number of amides is 1. The lowest BCUT2D eigenvalue weighted by Crippen LogP contribution is -2.21. The normalized spacial score (nSPS) is 10.6. The maximum atomic E-state index is 12.7. The number of carbonyl (C=O) groups excluding carboxylic acids is 2. The fourth-order valence-electron chi connectivity index (χ4n) is 2.88. The van der Waals surface area contributed by atoms with Crippen LogP contribution >= 0.6 is 34.5 Å². The predicted molar refractivity (Wildman–Crippen MR) is 126 cm³/mol. The quantitative estimate of drug-likeness (QED) is 0.392. The van der Waals surface area contributed by atoms with E-state index in [4.69, 9.17) is 32.7 Å². The zero-order chi connectivity index (χ0) is 22.5. The molecule has 5 nitrogen and oxygen atoms in total. The van der Waals surface area contributed by atoms with Crippen LogP contribution in [0.5, 0.6) is 5.75 Å². The largest absolute Gasteiger partial charge is 0.482 e. The molecule has 0 aliphatic rings. The summed E-state index contributed by atoms with van der Waals surface area (Å²) in [7, 11) is 0. The molecule has 0 spiro atoms. The van der Waals surface area contributed by atoms with E-state index in [0.29, 0.717) is 31.9 Å². The number of hydrogen-bond donors (Lipinski definition) is 1. The van der Waals surface area contributed by atoms with E-state index in [9.17, 15) is 9.59 Å². The number of anilines is 1. The number of esters is 1. The lowest BCUT2D eigenvalue weighted by atomic mass is 9.99. The van der Waals surface area contributed by atoms with E-state index in [-0.39, 0.29) is 13.2 Å². The maximum absolute atomic E-state index is 12.7. The smallest absolute Gasteiger partial charge is 0.341 e. The van der Waals surface area contributed by atoms with Gasteiger partial charge in [-0.15, -0.1) is 11.3 Å². The lowest BCUT2D eigenvalue weighted by Gasteiger charge is -2.11. The first-order valence-electron chi connectivity index (χ1n) is 9.54. The molecule has 1 aromatic heterocycles. The molecule has 31 heavy (non-hydrogen) atoms. The summed E-state index contributed by atoms with van der Waals surface area (Å²) in [4.78, 5) is 25.2. The van der Waals surface area contributed by atoms with Crippen molar-refractivity contribution >= 4 is 51.4 Å². The zero-order valence-corrected chi connectivity index (χ0v) is 19.6. The molecule has 0 aliphatic carbocycles. The number of hydrogen-bond acceptors (Lipinski definition) is 5. The van der Waals surface area contributed by atoms with E-state index in [1.54, 1.807) is 19.1 Å². The monoisotopic (exact) mass is 477 g/mol.